The van der Waals surface area contributed by atoms with Crippen molar-refractivity contribution in [3.63, 3.8) is 0 Å². The van der Waals surface area contributed by atoms with Gasteiger partial charge in [0.2, 0.25) is 0 Å². The molecule has 2 aromatic carbocycles. The third-order valence-corrected chi connectivity index (χ3v) is 5.12. The average Bonchev–Trinajstić information content (AvgIpc) is 3.02. The van der Waals surface area contributed by atoms with Gasteiger partial charge in [0, 0.05) is 23.3 Å². The zero-order valence-corrected chi connectivity index (χ0v) is 18.0. The first-order valence-electron chi connectivity index (χ1n) is 9.61. The Labute approximate surface area is 184 Å². The number of carbonyl (C=O) groups is 2. The van der Waals surface area contributed by atoms with Crippen LogP contribution >= 0.6 is 11.6 Å². The van der Waals surface area contributed by atoms with Gasteiger partial charge in [-0.15, -0.1) is 0 Å². The molecule has 2 N–H and O–H groups in total. The van der Waals surface area contributed by atoms with Crippen LogP contribution in [0, 0.1) is 13.8 Å². The second-order valence-corrected chi connectivity index (χ2v) is 7.62. The number of aromatic nitrogens is 3. The Balaban J connectivity index is 1.64. The lowest BCUT2D eigenvalue weighted by atomic mass is 10.1. The summed E-state index contributed by atoms with van der Waals surface area (Å²) in [6.07, 6.45) is 0. The quantitative estimate of drug-likeness (QED) is 0.486. The highest BCUT2D eigenvalue weighted by Gasteiger charge is 2.19. The van der Waals surface area contributed by atoms with Gasteiger partial charge in [-0.1, -0.05) is 23.7 Å². The van der Waals surface area contributed by atoms with Crippen molar-refractivity contribution in [2.75, 3.05) is 10.6 Å². The molecule has 0 unspecified atom stereocenters. The van der Waals surface area contributed by atoms with Gasteiger partial charge in [0.25, 0.3) is 11.8 Å². The van der Waals surface area contributed by atoms with E-state index in [1.807, 2.05) is 13.8 Å². The molecule has 4 aromatic rings. The Hall–Kier alpha value is -3.71. The van der Waals surface area contributed by atoms with Crippen LogP contribution in [0.25, 0.3) is 11.0 Å². The summed E-state index contributed by atoms with van der Waals surface area (Å²) in [4.78, 5) is 30.3. The van der Waals surface area contributed by atoms with Gasteiger partial charge in [-0.3, -0.25) is 14.3 Å². The van der Waals surface area contributed by atoms with Crippen LogP contribution in [0.4, 0.5) is 11.4 Å². The van der Waals surface area contributed by atoms with Crippen molar-refractivity contribution >= 4 is 45.8 Å². The normalized spacial score (nSPS) is 10.8. The molecule has 0 bridgehead atoms. The van der Waals surface area contributed by atoms with Gasteiger partial charge >= 0.3 is 0 Å². The third-order valence-electron chi connectivity index (χ3n) is 4.87. The lowest BCUT2D eigenvalue weighted by molar-refractivity contribution is 0.101. The highest BCUT2D eigenvalue weighted by molar-refractivity contribution is 6.30. The van der Waals surface area contributed by atoms with E-state index in [0.717, 1.165) is 5.69 Å². The van der Waals surface area contributed by atoms with Gasteiger partial charge in [-0.05, 0) is 56.3 Å². The fourth-order valence-corrected chi connectivity index (χ4v) is 3.56. The van der Waals surface area contributed by atoms with Crippen molar-refractivity contribution in [3.05, 3.63) is 82.1 Å². The first-order valence-corrected chi connectivity index (χ1v) is 9.99. The molecule has 0 radical (unpaired) electrons. The molecule has 2 heterocycles. The number of para-hydroxylation sites is 2. The zero-order valence-electron chi connectivity index (χ0n) is 17.2. The molecule has 2 amide bonds. The van der Waals surface area contributed by atoms with E-state index in [0.29, 0.717) is 44.3 Å². The van der Waals surface area contributed by atoms with Crippen LogP contribution in [0.1, 0.15) is 32.1 Å². The predicted molar refractivity (Wildman–Crippen MR) is 122 cm³/mol. The first-order chi connectivity index (χ1) is 14.8. The standard InChI is InChI=1S/C23H20ClN5O2/c1-13-12-17(20-14(2)28-29(3)21(20)25-13)23(31)27-19-7-5-4-6-18(19)26-22(30)15-8-10-16(24)11-9-15/h4-12H,1-3H3,(H,26,30)(H,27,31). The lowest BCUT2D eigenvalue weighted by Gasteiger charge is -2.13. The highest BCUT2D eigenvalue weighted by atomic mass is 35.5. The number of anilines is 2. The van der Waals surface area contributed by atoms with E-state index < -0.39 is 0 Å². The smallest absolute Gasteiger partial charge is 0.256 e. The minimum Gasteiger partial charge on any atom is -0.320 e. The van der Waals surface area contributed by atoms with Crippen LogP contribution in [-0.4, -0.2) is 26.6 Å². The molecule has 8 heteroatoms. The lowest BCUT2D eigenvalue weighted by Crippen LogP contribution is -2.17. The molecule has 0 aliphatic carbocycles. The maximum atomic E-state index is 13.2. The fraction of sp³-hybridized carbons (Fsp3) is 0.130. The van der Waals surface area contributed by atoms with Crippen molar-refractivity contribution in [1.29, 1.82) is 0 Å². The Morgan fingerprint density at radius 3 is 2.19 bits per heavy atom. The van der Waals surface area contributed by atoms with Crippen LogP contribution in [0.2, 0.25) is 5.02 Å². The topological polar surface area (TPSA) is 88.9 Å². The van der Waals surface area contributed by atoms with Gasteiger partial charge < -0.3 is 10.6 Å². The predicted octanol–water partition coefficient (Wildman–Crippen LogP) is 4.74. The van der Waals surface area contributed by atoms with Gasteiger partial charge in [-0.25, -0.2) is 4.98 Å². The van der Waals surface area contributed by atoms with Crippen LogP contribution < -0.4 is 10.6 Å². The summed E-state index contributed by atoms with van der Waals surface area (Å²) in [5.41, 5.74) is 3.99. The number of aryl methyl sites for hydroxylation is 3. The third kappa shape index (κ3) is 4.13. The Kier molecular flexibility index (Phi) is 5.44. The summed E-state index contributed by atoms with van der Waals surface area (Å²) in [6, 6.07) is 15.4. The molecule has 31 heavy (non-hydrogen) atoms. The number of hydrogen-bond donors (Lipinski definition) is 2. The van der Waals surface area contributed by atoms with E-state index in [1.54, 1.807) is 66.3 Å². The summed E-state index contributed by atoms with van der Waals surface area (Å²) in [5.74, 6) is -0.608. The number of rotatable bonds is 4. The van der Waals surface area contributed by atoms with E-state index >= 15 is 0 Å². The number of benzene rings is 2. The molecule has 2 aromatic heterocycles. The minimum absolute atomic E-state index is 0.302. The number of nitrogens with one attached hydrogen (secondary N) is 2. The summed E-state index contributed by atoms with van der Waals surface area (Å²) in [6.45, 7) is 3.68. The van der Waals surface area contributed by atoms with Crippen molar-refractivity contribution < 1.29 is 9.59 Å². The second kappa shape index (κ2) is 8.20. The molecule has 0 saturated carbocycles. The minimum atomic E-state index is -0.306. The fourth-order valence-electron chi connectivity index (χ4n) is 3.44. The van der Waals surface area contributed by atoms with E-state index in [4.69, 9.17) is 11.6 Å². The Morgan fingerprint density at radius 2 is 1.55 bits per heavy atom. The van der Waals surface area contributed by atoms with E-state index in [1.165, 1.54) is 0 Å². The highest BCUT2D eigenvalue weighted by Crippen LogP contribution is 2.26. The number of carbonyl (C=O) groups excluding carboxylic acids is 2. The largest absolute Gasteiger partial charge is 0.320 e. The molecule has 0 atom stereocenters. The van der Waals surface area contributed by atoms with Gasteiger partial charge in [-0.2, -0.15) is 5.10 Å². The number of pyridine rings is 1. The number of hydrogen-bond acceptors (Lipinski definition) is 4. The average molecular weight is 434 g/mol. The molecule has 7 nitrogen and oxygen atoms in total. The van der Waals surface area contributed by atoms with Crippen molar-refractivity contribution in [2.24, 2.45) is 7.05 Å². The van der Waals surface area contributed by atoms with Crippen molar-refractivity contribution in [1.82, 2.24) is 14.8 Å². The summed E-state index contributed by atoms with van der Waals surface area (Å²) in [5, 5.41) is 11.4. The Morgan fingerprint density at radius 1 is 0.935 bits per heavy atom. The van der Waals surface area contributed by atoms with E-state index in [-0.39, 0.29) is 11.8 Å². The van der Waals surface area contributed by atoms with Gasteiger partial charge in [0.1, 0.15) is 0 Å². The monoisotopic (exact) mass is 433 g/mol. The molecule has 0 fully saturated rings. The number of halogens is 1. The molecule has 4 rings (SSSR count). The number of amides is 2. The molecule has 156 valence electrons. The summed E-state index contributed by atoms with van der Waals surface area (Å²) >= 11 is 5.89. The van der Waals surface area contributed by atoms with E-state index in [2.05, 4.69) is 20.7 Å². The van der Waals surface area contributed by atoms with Crippen LogP contribution in [-0.2, 0) is 7.05 Å². The maximum absolute atomic E-state index is 13.2. The number of nitrogens with zero attached hydrogens (tertiary/aromatic N) is 3. The van der Waals surface area contributed by atoms with E-state index in [9.17, 15) is 9.59 Å². The zero-order chi connectivity index (χ0) is 22.1. The van der Waals surface area contributed by atoms with Crippen molar-refractivity contribution in [3.8, 4) is 0 Å². The molecular formula is C23H20ClN5O2. The SMILES string of the molecule is Cc1cc(C(=O)Nc2ccccc2NC(=O)c2ccc(Cl)cc2)c2c(C)nn(C)c2n1. The molecule has 0 aliphatic rings. The van der Waals surface area contributed by atoms with Crippen LogP contribution in [0.5, 0.6) is 0 Å². The summed E-state index contributed by atoms with van der Waals surface area (Å²) in [7, 11) is 1.80. The molecular weight excluding hydrogens is 414 g/mol. The first kappa shape index (κ1) is 20.6. The summed E-state index contributed by atoms with van der Waals surface area (Å²) < 4.78 is 1.66. The van der Waals surface area contributed by atoms with Gasteiger partial charge in [0.15, 0.2) is 5.65 Å². The van der Waals surface area contributed by atoms with Crippen molar-refractivity contribution in [2.45, 2.75) is 13.8 Å². The second-order valence-electron chi connectivity index (χ2n) is 7.18. The molecule has 0 spiro atoms. The maximum Gasteiger partial charge on any atom is 0.256 e. The van der Waals surface area contributed by atoms with Crippen LogP contribution in [0.3, 0.4) is 0 Å². The molecule has 0 saturated heterocycles. The Bertz CT molecular complexity index is 1310. The van der Waals surface area contributed by atoms with Crippen LogP contribution in [0.15, 0.2) is 54.6 Å². The molecule has 0 aliphatic heterocycles. The van der Waals surface area contributed by atoms with Gasteiger partial charge in [0.05, 0.1) is 28.0 Å². The number of fused-ring (bicyclic) bond motifs is 1.